The number of benzene rings is 3. The van der Waals surface area contributed by atoms with Crippen LogP contribution in [0.3, 0.4) is 0 Å². The number of hydrogen-bond acceptors (Lipinski definition) is 5. The Morgan fingerprint density at radius 3 is 2.29 bits per heavy atom. The standard InChI is InChI=1S/C28H25N3O4/c1-2-35-22-14-12-20(13-15-22)25-18-26(32)31(19-30-25)17-16-29-28(34)24-11-7-6-10-23(24)27(33)21-8-4-3-5-9-21/h3-15,18-19H,2,16-17H2,1H3,(H,29,34). The average Bonchev–Trinajstić information content (AvgIpc) is 2.90. The first-order valence-electron chi connectivity index (χ1n) is 11.3. The zero-order valence-electron chi connectivity index (χ0n) is 19.3. The molecule has 0 aliphatic rings. The number of hydrogen-bond donors (Lipinski definition) is 1. The number of carbonyl (C=O) groups excluding carboxylic acids is 2. The molecular formula is C28H25N3O4. The Labute approximate surface area is 203 Å². The molecule has 4 rings (SSSR count). The van der Waals surface area contributed by atoms with Crippen molar-refractivity contribution in [1.29, 1.82) is 0 Å². The highest BCUT2D eigenvalue weighted by Gasteiger charge is 2.17. The number of carbonyl (C=O) groups is 2. The quantitative estimate of drug-likeness (QED) is 0.376. The first kappa shape index (κ1) is 23.6. The Kier molecular flexibility index (Phi) is 7.47. The van der Waals surface area contributed by atoms with Gasteiger partial charge in [-0.1, -0.05) is 48.5 Å². The van der Waals surface area contributed by atoms with Crippen LogP contribution in [-0.2, 0) is 6.54 Å². The van der Waals surface area contributed by atoms with E-state index in [0.717, 1.165) is 11.3 Å². The highest BCUT2D eigenvalue weighted by atomic mass is 16.5. The molecule has 0 aliphatic heterocycles. The van der Waals surface area contributed by atoms with Crippen LogP contribution in [0, 0.1) is 0 Å². The van der Waals surface area contributed by atoms with Crippen molar-refractivity contribution in [2.45, 2.75) is 13.5 Å². The van der Waals surface area contributed by atoms with Gasteiger partial charge in [0.25, 0.3) is 11.5 Å². The van der Waals surface area contributed by atoms with Gasteiger partial charge >= 0.3 is 0 Å². The van der Waals surface area contributed by atoms with E-state index in [2.05, 4.69) is 10.3 Å². The minimum atomic E-state index is -0.378. The molecule has 0 unspecified atom stereocenters. The van der Waals surface area contributed by atoms with E-state index < -0.39 is 0 Å². The van der Waals surface area contributed by atoms with E-state index in [1.165, 1.54) is 17.0 Å². The largest absolute Gasteiger partial charge is 0.494 e. The summed E-state index contributed by atoms with van der Waals surface area (Å²) in [4.78, 5) is 42.6. The van der Waals surface area contributed by atoms with E-state index in [-0.39, 0.29) is 35.9 Å². The molecule has 0 saturated heterocycles. The van der Waals surface area contributed by atoms with Gasteiger partial charge < -0.3 is 10.1 Å². The Morgan fingerprint density at radius 1 is 0.914 bits per heavy atom. The van der Waals surface area contributed by atoms with Crippen LogP contribution in [-0.4, -0.2) is 34.4 Å². The molecule has 35 heavy (non-hydrogen) atoms. The maximum Gasteiger partial charge on any atom is 0.253 e. The van der Waals surface area contributed by atoms with Crippen LogP contribution < -0.4 is 15.6 Å². The van der Waals surface area contributed by atoms with Crippen LogP contribution >= 0.6 is 0 Å². The summed E-state index contributed by atoms with van der Waals surface area (Å²) >= 11 is 0. The first-order valence-corrected chi connectivity index (χ1v) is 11.3. The number of rotatable bonds is 9. The van der Waals surface area contributed by atoms with Gasteiger partial charge in [-0.15, -0.1) is 0 Å². The molecule has 0 atom stereocenters. The van der Waals surface area contributed by atoms with E-state index in [0.29, 0.717) is 23.4 Å². The van der Waals surface area contributed by atoms with Crippen LogP contribution in [0.5, 0.6) is 5.75 Å². The average molecular weight is 468 g/mol. The molecule has 1 amide bonds. The van der Waals surface area contributed by atoms with E-state index >= 15 is 0 Å². The SMILES string of the molecule is CCOc1ccc(-c2cc(=O)n(CCNC(=O)c3ccccc3C(=O)c3ccccc3)cn2)cc1. The highest BCUT2D eigenvalue weighted by molar-refractivity contribution is 6.15. The lowest BCUT2D eigenvalue weighted by molar-refractivity contribution is 0.0940. The molecular weight excluding hydrogens is 442 g/mol. The third-order valence-electron chi connectivity index (χ3n) is 5.43. The molecule has 4 aromatic rings. The molecule has 0 spiro atoms. The summed E-state index contributed by atoms with van der Waals surface area (Å²) < 4.78 is 6.87. The normalized spacial score (nSPS) is 10.5. The fraction of sp³-hybridized carbons (Fsp3) is 0.143. The molecule has 3 aromatic carbocycles. The number of ketones is 1. The van der Waals surface area contributed by atoms with Gasteiger partial charge in [0.1, 0.15) is 5.75 Å². The molecule has 7 nitrogen and oxygen atoms in total. The zero-order valence-corrected chi connectivity index (χ0v) is 19.3. The lowest BCUT2D eigenvalue weighted by Crippen LogP contribution is -2.31. The van der Waals surface area contributed by atoms with Crippen molar-refractivity contribution < 1.29 is 14.3 Å². The number of nitrogens with zero attached hydrogens (tertiary/aromatic N) is 2. The van der Waals surface area contributed by atoms with Crippen LogP contribution in [0.4, 0.5) is 0 Å². The van der Waals surface area contributed by atoms with Gasteiger partial charge in [0.2, 0.25) is 0 Å². The minimum absolute atomic E-state index is 0.205. The van der Waals surface area contributed by atoms with Gasteiger partial charge in [-0.3, -0.25) is 19.0 Å². The van der Waals surface area contributed by atoms with Crippen LogP contribution in [0.2, 0.25) is 0 Å². The maximum atomic E-state index is 12.9. The topological polar surface area (TPSA) is 90.3 Å². The van der Waals surface area contributed by atoms with E-state index in [1.807, 2.05) is 37.3 Å². The smallest absolute Gasteiger partial charge is 0.253 e. The third kappa shape index (κ3) is 5.70. The van der Waals surface area contributed by atoms with Crippen LogP contribution in [0.1, 0.15) is 33.2 Å². The Morgan fingerprint density at radius 2 is 1.60 bits per heavy atom. The molecule has 0 bridgehead atoms. The summed E-state index contributed by atoms with van der Waals surface area (Å²) in [7, 11) is 0. The van der Waals surface area contributed by atoms with Gasteiger partial charge in [0.15, 0.2) is 5.78 Å². The predicted octanol–water partition coefficient (Wildman–Crippen LogP) is 3.97. The number of aromatic nitrogens is 2. The zero-order chi connectivity index (χ0) is 24.6. The Bertz CT molecular complexity index is 1380. The summed E-state index contributed by atoms with van der Waals surface area (Å²) in [5.74, 6) is 0.158. The Balaban J connectivity index is 1.40. The highest BCUT2D eigenvalue weighted by Crippen LogP contribution is 2.19. The summed E-state index contributed by atoms with van der Waals surface area (Å²) in [6.07, 6.45) is 1.47. The minimum Gasteiger partial charge on any atom is -0.494 e. The Hall–Kier alpha value is -4.52. The summed E-state index contributed by atoms with van der Waals surface area (Å²) in [6.45, 7) is 2.95. The van der Waals surface area contributed by atoms with Gasteiger partial charge in [0.05, 0.1) is 24.2 Å². The molecule has 176 valence electrons. The van der Waals surface area contributed by atoms with E-state index in [9.17, 15) is 14.4 Å². The van der Waals surface area contributed by atoms with Gasteiger partial charge in [-0.2, -0.15) is 0 Å². The number of nitrogens with one attached hydrogen (secondary N) is 1. The predicted molar refractivity (Wildman–Crippen MR) is 134 cm³/mol. The van der Waals surface area contributed by atoms with Crippen molar-refractivity contribution in [3.8, 4) is 17.0 Å². The van der Waals surface area contributed by atoms with Crippen molar-refractivity contribution in [2.75, 3.05) is 13.2 Å². The van der Waals surface area contributed by atoms with Crippen molar-refractivity contribution in [3.05, 3.63) is 118 Å². The van der Waals surface area contributed by atoms with Crippen molar-refractivity contribution in [1.82, 2.24) is 14.9 Å². The van der Waals surface area contributed by atoms with Crippen molar-refractivity contribution in [3.63, 3.8) is 0 Å². The first-order chi connectivity index (χ1) is 17.1. The molecule has 1 N–H and O–H groups in total. The maximum absolute atomic E-state index is 12.9. The molecule has 0 aliphatic carbocycles. The molecule has 0 fully saturated rings. The van der Waals surface area contributed by atoms with Crippen molar-refractivity contribution in [2.24, 2.45) is 0 Å². The fourth-order valence-electron chi connectivity index (χ4n) is 3.65. The lowest BCUT2D eigenvalue weighted by Gasteiger charge is -2.11. The summed E-state index contributed by atoms with van der Waals surface area (Å²) in [6, 6.07) is 24.4. The molecule has 1 heterocycles. The van der Waals surface area contributed by atoms with E-state index in [4.69, 9.17) is 4.74 Å². The van der Waals surface area contributed by atoms with Gasteiger partial charge in [-0.05, 0) is 37.3 Å². The monoisotopic (exact) mass is 467 g/mol. The fourth-order valence-corrected chi connectivity index (χ4v) is 3.65. The van der Waals surface area contributed by atoms with Crippen LogP contribution in [0.15, 0.2) is 96.1 Å². The third-order valence-corrected chi connectivity index (χ3v) is 5.43. The molecule has 0 radical (unpaired) electrons. The second kappa shape index (κ2) is 11.1. The lowest BCUT2D eigenvalue weighted by atomic mass is 9.98. The molecule has 1 aromatic heterocycles. The van der Waals surface area contributed by atoms with E-state index in [1.54, 1.807) is 48.5 Å². The summed E-state index contributed by atoms with van der Waals surface area (Å²) in [5.41, 5.74) is 2.28. The summed E-state index contributed by atoms with van der Waals surface area (Å²) in [5, 5.41) is 2.79. The number of ether oxygens (including phenoxy) is 1. The van der Waals surface area contributed by atoms with Crippen molar-refractivity contribution >= 4 is 11.7 Å². The van der Waals surface area contributed by atoms with Gasteiger partial charge in [0, 0.05) is 35.8 Å². The van der Waals surface area contributed by atoms with Gasteiger partial charge in [-0.25, -0.2) is 4.98 Å². The second-order valence-electron chi connectivity index (χ2n) is 7.76. The second-order valence-corrected chi connectivity index (χ2v) is 7.76. The van der Waals surface area contributed by atoms with Crippen LogP contribution in [0.25, 0.3) is 11.3 Å². The molecule has 0 saturated carbocycles. The number of amides is 1. The molecule has 7 heteroatoms.